The van der Waals surface area contributed by atoms with Crippen molar-refractivity contribution in [2.45, 2.75) is 6.42 Å². The van der Waals surface area contributed by atoms with E-state index < -0.39 is 10.0 Å². The fourth-order valence-electron chi connectivity index (χ4n) is 1.62. The van der Waals surface area contributed by atoms with Gasteiger partial charge < -0.3 is 5.11 Å². The number of aliphatic hydroxyl groups is 1. The molecule has 0 aliphatic rings. The number of nitrogens with zero attached hydrogens (tertiary/aromatic N) is 1. The highest BCUT2D eigenvalue weighted by Gasteiger charge is 2.19. The lowest BCUT2D eigenvalue weighted by Crippen LogP contribution is -2.36. The number of aliphatic hydroxyl groups excluding tert-OH is 1. The van der Waals surface area contributed by atoms with Gasteiger partial charge in [0.25, 0.3) is 0 Å². The zero-order valence-electron chi connectivity index (χ0n) is 10.3. The van der Waals surface area contributed by atoms with E-state index in [0.717, 1.165) is 5.56 Å². The van der Waals surface area contributed by atoms with E-state index in [2.05, 4.69) is 6.58 Å². The van der Waals surface area contributed by atoms with Crippen LogP contribution in [-0.2, 0) is 16.4 Å². The lowest BCUT2D eigenvalue weighted by molar-refractivity contribution is 0.260. The summed E-state index contributed by atoms with van der Waals surface area (Å²) in [5.74, 6) is 0.0465. The van der Waals surface area contributed by atoms with Gasteiger partial charge in [0.1, 0.15) is 0 Å². The van der Waals surface area contributed by atoms with Crippen LogP contribution in [0.3, 0.4) is 0 Å². The van der Waals surface area contributed by atoms with Gasteiger partial charge in [0.05, 0.1) is 12.4 Å². The predicted molar refractivity (Wildman–Crippen MR) is 72.8 cm³/mol. The van der Waals surface area contributed by atoms with Crippen LogP contribution in [0.4, 0.5) is 0 Å². The molecule has 0 saturated heterocycles. The summed E-state index contributed by atoms with van der Waals surface area (Å²) in [6.45, 7) is 3.69. The molecule has 0 saturated carbocycles. The van der Waals surface area contributed by atoms with Gasteiger partial charge in [0, 0.05) is 13.1 Å². The smallest absolute Gasteiger partial charge is 0.214 e. The van der Waals surface area contributed by atoms with Crippen LogP contribution in [0.25, 0.3) is 0 Å². The molecule has 0 aliphatic carbocycles. The van der Waals surface area contributed by atoms with Gasteiger partial charge >= 0.3 is 0 Å². The van der Waals surface area contributed by atoms with Crippen LogP contribution >= 0.6 is 0 Å². The molecule has 18 heavy (non-hydrogen) atoms. The monoisotopic (exact) mass is 269 g/mol. The molecular formula is C13H19NO3S. The Morgan fingerprint density at radius 1 is 1.28 bits per heavy atom. The van der Waals surface area contributed by atoms with Crippen LogP contribution in [0.15, 0.2) is 43.0 Å². The first-order valence-electron chi connectivity index (χ1n) is 5.83. The second-order valence-electron chi connectivity index (χ2n) is 3.92. The molecule has 5 heteroatoms. The summed E-state index contributed by atoms with van der Waals surface area (Å²) >= 11 is 0. The van der Waals surface area contributed by atoms with Crippen molar-refractivity contribution in [3.63, 3.8) is 0 Å². The Kier molecular flexibility index (Phi) is 6.04. The maximum atomic E-state index is 12.1. The largest absolute Gasteiger partial charge is 0.395 e. The van der Waals surface area contributed by atoms with Gasteiger partial charge in [-0.1, -0.05) is 36.4 Å². The third-order valence-electron chi connectivity index (χ3n) is 2.57. The summed E-state index contributed by atoms with van der Waals surface area (Å²) in [5, 5.41) is 8.87. The van der Waals surface area contributed by atoms with Gasteiger partial charge in [-0.05, 0) is 12.0 Å². The summed E-state index contributed by atoms with van der Waals surface area (Å²) in [6, 6.07) is 9.47. The maximum absolute atomic E-state index is 12.1. The van der Waals surface area contributed by atoms with Crippen molar-refractivity contribution in [2.75, 3.05) is 25.4 Å². The van der Waals surface area contributed by atoms with E-state index in [9.17, 15) is 8.42 Å². The van der Waals surface area contributed by atoms with Crippen LogP contribution in [-0.4, -0.2) is 43.3 Å². The molecule has 0 aliphatic heterocycles. The molecule has 0 fully saturated rings. The summed E-state index contributed by atoms with van der Waals surface area (Å²) in [4.78, 5) is 0. The predicted octanol–water partition coefficient (Wildman–Crippen LogP) is 1.04. The Bertz CT molecular complexity index is 456. The quantitative estimate of drug-likeness (QED) is 0.717. The van der Waals surface area contributed by atoms with Gasteiger partial charge in [-0.3, -0.25) is 0 Å². The zero-order chi connectivity index (χ0) is 13.4. The average Bonchev–Trinajstić information content (AvgIpc) is 2.37. The van der Waals surface area contributed by atoms with Crippen molar-refractivity contribution in [3.8, 4) is 0 Å². The Hall–Kier alpha value is -1.17. The minimum atomic E-state index is -3.34. The van der Waals surface area contributed by atoms with E-state index in [1.54, 1.807) is 0 Å². The second kappa shape index (κ2) is 7.31. The minimum absolute atomic E-state index is 0.0465. The van der Waals surface area contributed by atoms with E-state index >= 15 is 0 Å². The van der Waals surface area contributed by atoms with Crippen LogP contribution in [0.5, 0.6) is 0 Å². The Morgan fingerprint density at radius 2 is 1.94 bits per heavy atom. The van der Waals surface area contributed by atoms with Crippen LogP contribution < -0.4 is 0 Å². The number of rotatable bonds is 8. The standard InChI is InChI=1S/C13H19NO3S/c1-2-9-14(10-11-15)18(16,17)12-8-13-6-4-3-5-7-13/h2-7,15H,1,8-12H2. The molecule has 0 spiro atoms. The van der Waals surface area contributed by atoms with Gasteiger partial charge in [0.2, 0.25) is 10.0 Å². The first-order chi connectivity index (χ1) is 8.60. The number of hydrogen-bond donors (Lipinski definition) is 1. The minimum Gasteiger partial charge on any atom is -0.395 e. The summed E-state index contributed by atoms with van der Waals surface area (Å²) in [7, 11) is -3.34. The van der Waals surface area contributed by atoms with Crippen LogP contribution in [0.1, 0.15) is 5.56 Å². The average molecular weight is 269 g/mol. The Labute approximate surface area is 109 Å². The lowest BCUT2D eigenvalue weighted by atomic mass is 10.2. The molecule has 0 radical (unpaired) electrons. The Morgan fingerprint density at radius 3 is 2.50 bits per heavy atom. The highest BCUT2D eigenvalue weighted by Crippen LogP contribution is 2.06. The zero-order valence-corrected chi connectivity index (χ0v) is 11.1. The van der Waals surface area contributed by atoms with Crippen molar-refractivity contribution in [3.05, 3.63) is 48.6 Å². The van der Waals surface area contributed by atoms with Crippen LogP contribution in [0, 0.1) is 0 Å². The molecule has 0 heterocycles. The highest BCUT2D eigenvalue weighted by molar-refractivity contribution is 7.89. The summed E-state index contributed by atoms with van der Waals surface area (Å²) in [6.07, 6.45) is 2.00. The SMILES string of the molecule is C=CCN(CCO)S(=O)(=O)CCc1ccccc1. The normalized spacial score (nSPS) is 11.7. The van der Waals surface area contributed by atoms with E-state index in [1.165, 1.54) is 10.4 Å². The molecule has 0 amide bonds. The van der Waals surface area contributed by atoms with Crippen LogP contribution in [0.2, 0.25) is 0 Å². The fourth-order valence-corrected chi connectivity index (χ4v) is 3.06. The van der Waals surface area contributed by atoms with Crippen molar-refractivity contribution in [1.82, 2.24) is 4.31 Å². The number of aryl methyl sites for hydroxylation is 1. The summed E-state index contributed by atoms with van der Waals surface area (Å²) in [5.41, 5.74) is 0.989. The molecule has 0 bridgehead atoms. The van der Waals surface area contributed by atoms with Gasteiger partial charge in [-0.2, -0.15) is 4.31 Å². The molecule has 0 atom stereocenters. The van der Waals surface area contributed by atoms with E-state index in [1.807, 2.05) is 30.3 Å². The lowest BCUT2D eigenvalue weighted by Gasteiger charge is -2.19. The topological polar surface area (TPSA) is 57.6 Å². The highest BCUT2D eigenvalue weighted by atomic mass is 32.2. The molecule has 0 unspecified atom stereocenters. The van der Waals surface area contributed by atoms with Crippen molar-refractivity contribution in [2.24, 2.45) is 0 Å². The molecule has 1 rings (SSSR count). The maximum Gasteiger partial charge on any atom is 0.214 e. The van der Waals surface area contributed by atoms with E-state index in [4.69, 9.17) is 5.11 Å². The molecule has 1 aromatic rings. The molecule has 0 aromatic heterocycles. The van der Waals surface area contributed by atoms with E-state index in [-0.39, 0.29) is 25.4 Å². The first kappa shape index (κ1) is 14.9. The third-order valence-corrected chi connectivity index (χ3v) is 4.41. The molecular weight excluding hydrogens is 250 g/mol. The van der Waals surface area contributed by atoms with Gasteiger partial charge in [0.15, 0.2) is 0 Å². The molecule has 1 aromatic carbocycles. The Balaban J connectivity index is 2.65. The van der Waals surface area contributed by atoms with E-state index in [0.29, 0.717) is 6.42 Å². The molecule has 4 nitrogen and oxygen atoms in total. The van der Waals surface area contributed by atoms with Crippen molar-refractivity contribution >= 4 is 10.0 Å². The first-order valence-corrected chi connectivity index (χ1v) is 7.44. The van der Waals surface area contributed by atoms with Gasteiger partial charge in [-0.25, -0.2) is 8.42 Å². The number of benzene rings is 1. The second-order valence-corrected chi connectivity index (χ2v) is 6.01. The number of sulfonamides is 1. The molecule has 1 N–H and O–H groups in total. The number of hydrogen-bond acceptors (Lipinski definition) is 3. The molecule has 100 valence electrons. The summed E-state index contributed by atoms with van der Waals surface area (Å²) < 4.78 is 25.4. The van der Waals surface area contributed by atoms with Gasteiger partial charge in [-0.15, -0.1) is 6.58 Å². The third kappa shape index (κ3) is 4.60. The fraction of sp³-hybridized carbons (Fsp3) is 0.385. The van der Waals surface area contributed by atoms with Crippen molar-refractivity contribution in [1.29, 1.82) is 0 Å². The van der Waals surface area contributed by atoms with Crippen molar-refractivity contribution < 1.29 is 13.5 Å².